The first-order valence-corrected chi connectivity index (χ1v) is 7.31. The van der Waals surface area contributed by atoms with Crippen LogP contribution in [0.15, 0.2) is 23.1 Å². The van der Waals surface area contributed by atoms with E-state index in [4.69, 9.17) is 17.3 Å². The highest BCUT2D eigenvalue weighted by atomic mass is 35.5. The Bertz CT molecular complexity index is 529. The summed E-state index contributed by atoms with van der Waals surface area (Å²) in [4.78, 5) is -0.0507. The molecule has 1 aromatic carbocycles. The standard InChI is InChI=1S/C11H17ClN2O3S/c1-3-11(2,15)7-14-18(16,17)10-5-4-8(13)6-9(10)12/h4-6,14-15H,3,7,13H2,1-2H3. The maximum Gasteiger partial charge on any atom is 0.242 e. The molecule has 1 atom stereocenters. The minimum atomic E-state index is -3.75. The second-order valence-corrected chi connectivity index (χ2v) is 6.51. The Kier molecular flexibility index (Phi) is 4.61. The summed E-state index contributed by atoms with van der Waals surface area (Å²) in [6, 6.07) is 4.16. The first-order chi connectivity index (χ1) is 8.18. The lowest BCUT2D eigenvalue weighted by Crippen LogP contribution is -2.40. The summed E-state index contributed by atoms with van der Waals surface area (Å²) in [6.45, 7) is 3.25. The maximum atomic E-state index is 12.0. The Morgan fingerprint density at radius 2 is 2.11 bits per heavy atom. The molecule has 0 radical (unpaired) electrons. The van der Waals surface area contributed by atoms with Gasteiger partial charge in [0.15, 0.2) is 0 Å². The van der Waals surface area contributed by atoms with Gasteiger partial charge >= 0.3 is 0 Å². The number of hydrogen-bond donors (Lipinski definition) is 3. The van der Waals surface area contributed by atoms with Gasteiger partial charge in [0.2, 0.25) is 10.0 Å². The van der Waals surface area contributed by atoms with Gasteiger partial charge in [-0.2, -0.15) is 0 Å². The average Bonchev–Trinajstić information content (AvgIpc) is 2.26. The van der Waals surface area contributed by atoms with Crippen LogP contribution >= 0.6 is 11.6 Å². The molecule has 7 heteroatoms. The van der Waals surface area contributed by atoms with Gasteiger partial charge in [0.1, 0.15) is 4.90 Å². The number of anilines is 1. The van der Waals surface area contributed by atoms with Crippen LogP contribution in [-0.2, 0) is 10.0 Å². The highest BCUT2D eigenvalue weighted by Crippen LogP contribution is 2.23. The SMILES string of the molecule is CCC(C)(O)CNS(=O)(=O)c1ccc(N)cc1Cl. The Labute approximate surface area is 112 Å². The third-order valence-corrected chi connectivity index (χ3v) is 4.53. The van der Waals surface area contributed by atoms with Crippen molar-refractivity contribution in [3.05, 3.63) is 23.2 Å². The molecule has 0 spiro atoms. The van der Waals surface area contributed by atoms with Crippen molar-refractivity contribution < 1.29 is 13.5 Å². The van der Waals surface area contributed by atoms with Crippen LogP contribution < -0.4 is 10.5 Å². The summed E-state index contributed by atoms with van der Waals surface area (Å²) >= 11 is 5.84. The van der Waals surface area contributed by atoms with Gasteiger partial charge in [0.25, 0.3) is 0 Å². The Balaban J connectivity index is 2.94. The summed E-state index contributed by atoms with van der Waals surface area (Å²) in [5.74, 6) is 0. The number of sulfonamides is 1. The Morgan fingerprint density at radius 3 is 2.61 bits per heavy atom. The van der Waals surface area contributed by atoms with Crippen LogP contribution in [0.1, 0.15) is 20.3 Å². The van der Waals surface area contributed by atoms with E-state index >= 15 is 0 Å². The van der Waals surface area contributed by atoms with E-state index in [2.05, 4.69) is 4.72 Å². The average molecular weight is 293 g/mol. The molecule has 0 saturated heterocycles. The van der Waals surface area contributed by atoms with E-state index < -0.39 is 15.6 Å². The molecule has 0 saturated carbocycles. The topological polar surface area (TPSA) is 92.4 Å². The zero-order valence-corrected chi connectivity index (χ0v) is 11.8. The van der Waals surface area contributed by atoms with Crippen LogP contribution in [0.3, 0.4) is 0 Å². The van der Waals surface area contributed by atoms with E-state index in [1.54, 1.807) is 13.8 Å². The molecule has 1 rings (SSSR count). The van der Waals surface area contributed by atoms with Crippen molar-refractivity contribution >= 4 is 27.3 Å². The number of nitrogen functional groups attached to an aromatic ring is 1. The third-order valence-electron chi connectivity index (χ3n) is 2.65. The number of rotatable bonds is 5. The fraction of sp³-hybridized carbons (Fsp3) is 0.455. The summed E-state index contributed by atoms with van der Waals surface area (Å²) in [5, 5.41) is 9.82. The predicted molar refractivity (Wildman–Crippen MR) is 72.0 cm³/mol. The van der Waals surface area contributed by atoms with E-state index in [1.165, 1.54) is 18.2 Å². The van der Waals surface area contributed by atoms with E-state index in [0.29, 0.717) is 12.1 Å². The lowest BCUT2D eigenvalue weighted by atomic mass is 10.1. The Hall–Kier alpha value is -0.820. The van der Waals surface area contributed by atoms with Crippen LogP contribution in [0.4, 0.5) is 5.69 Å². The molecule has 1 aromatic rings. The van der Waals surface area contributed by atoms with Crippen molar-refractivity contribution in [1.82, 2.24) is 4.72 Å². The normalized spacial score (nSPS) is 15.3. The van der Waals surface area contributed by atoms with Gasteiger partial charge in [-0.3, -0.25) is 0 Å². The van der Waals surface area contributed by atoms with Crippen molar-refractivity contribution in [3.63, 3.8) is 0 Å². The molecular formula is C11H17ClN2O3S. The predicted octanol–water partition coefficient (Wildman–Crippen LogP) is 1.36. The number of benzene rings is 1. The van der Waals surface area contributed by atoms with Gasteiger partial charge < -0.3 is 10.8 Å². The van der Waals surface area contributed by atoms with Gasteiger partial charge in [-0.25, -0.2) is 13.1 Å². The van der Waals surface area contributed by atoms with Gasteiger partial charge in [-0.15, -0.1) is 0 Å². The van der Waals surface area contributed by atoms with E-state index in [0.717, 1.165) is 0 Å². The first kappa shape index (κ1) is 15.2. The molecule has 0 fully saturated rings. The van der Waals surface area contributed by atoms with Gasteiger partial charge in [0, 0.05) is 12.2 Å². The molecular weight excluding hydrogens is 276 g/mol. The lowest BCUT2D eigenvalue weighted by Gasteiger charge is -2.21. The fourth-order valence-corrected chi connectivity index (χ4v) is 2.90. The highest BCUT2D eigenvalue weighted by molar-refractivity contribution is 7.89. The van der Waals surface area contributed by atoms with Crippen LogP contribution in [0.25, 0.3) is 0 Å². The molecule has 5 nitrogen and oxygen atoms in total. The Morgan fingerprint density at radius 1 is 1.50 bits per heavy atom. The number of nitrogens with two attached hydrogens (primary N) is 1. The van der Waals surface area contributed by atoms with Crippen LogP contribution in [-0.4, -0.2) is 25.7 Å². The molecule has 0 amide bonds. The first-order valence-electron chi connectivity index (χ1n) is 5.45. The number of aliphatic hydroxyl groups is 1. The zero-order chi connectivity index (χ0) is 14.0. The van der Waals surface area contributed by atoms with E-state index in [-0.39, 0.29) is 16.5 Å². The minimum Gasteiger partial charge on any atom is -0.399 e. The van der Waals surface area contributed by atoms with Crippen molar-refractivity contribution in [2.45, 2.75) is 30.8 Å². The monoisotopic (exact) mass is 292 g/mol. The molecule has 0 aliphatic carbocycles. The van der Waals surface area contributed by atoms with Crippen molar-refractivity contribution in [2.24, 2.45) is 0 Å². The summed E-state index contributed by atoms with van der Waals surface area (Å²) < 4.78 is 26.3. The molecule has 102 valence electrons. The highest BCUT2D eigenvalue weighted by Gasteiger charge is 2.23. The molecule has 4 N–H and O–H groups in total. The number of hydrogen-bond acceptors (Lipinski definition) is 4. The molecule has 0 heterocycles. The second-order valence-electron chi connectivity index (χ2n) is 4.36. The molecule has 0 bridgehead atoms. The van der Waals surface area contributed by atoms with Gasteiger partial charge in [0.05, 0.1) is 10.6 Å². The summed E-state index contributed by atoms with van der Waals surface area (Å²) in [5.41, 5.74) is 4.79. The molecule has 18 heavy (non-hydrogen) atoms. The summed E-state index contributed by atoms with van der Waals surface area (Å²) in [6.07, 6.45) is 0.436. The smallest absolute Gasteiger partial charge is 0.242 e. The summed E-state index contributed by atoms with van der Waals surface area (Å²) in [7, 11) is -3.75. The van der Waals surface area contributed by atoms with E-state index in [9.17, 15) is 13.5 Å². The second kappa shape index (κ2) is 5.44. The molecule has 0 aliphatic rings. The van der Waals surface area contributed by atoms with Gasteiger partial charge in [-0.05, 0) is 31.5 Å². The fourth-order valence-electron chi connectivity index (χ4n) is 1.19. The molecule has 1 unspecified atom stereocenters. The minimum absolute atomic E-state index is 0.0507. The van der Waals surface area contributed by atoms with Crippen LogP contribution in [0.5, 0.6) is 0 Å². The number of halogens is 1. The third kappa shape index (κ3) is 3.84. The lowest BCUT2D eigenvalue weighted by molar-refractivity contribution is 0.0613. The van der Waals surface area contributed by atoms with Crippen molar-refractivity contribution in [3.8, 4) is 0 Å². The van der Waals surface area contributed by atoms with Crippen LogP contribution in [0.2, 0.25) is 5.02 Å². The zero-order valence-electron chi connectivity index (χ0n) is 10.3. The molecule has 0 aromatic heterocycles. The number of nitrogens with one attached hydrogen (secondary N) is 1. The van der Waals surface area contributed by atoms with Crippen molar-refractivity contribution in [1.29, 1.82) is 0 Å². The quantitative estimate of drug-likeness (QED) is 0.715. The van der Waals surface area contributed by atoms with Crippen molar-refractivity contribution in [2.75, 3.05) is 12.3 Å². The van der Waals surface area contributed by atoms with Crippen LogP contribution in [0, 0.1) is 0 Å². The largest absolute Gasteiger partial charge is 0.399 e. The maximum absolute atomic E-state index is 12.0. The van der Waals surface area contributed by atoms with E-state index in [1.807, 2.05) is 0 Å². The van der Waals surface area contributed by atoms with Gasteiger partial charge in [-0.1, -0.05) is 18.5 Å². The molecule has 0 aliphatic heterocycles.